The van der Waals surface area contributed by atoms with Crippen LogP contribution in [-0.2, 0) is 6.54 Å². The summed E-state index contributed by atoms with van der Waals surface area (Å²) in [7, 11) is 0. The van der Waals surface area contributed by atoms with Crippen molar-refractivity contribution >= 4 is 0 Å². The SMILES string of the molecule is c1cc(CNCCN2CCC3CCCCC3C2)co1. The van der Waals surface area contributed by atoms with Crippen LogP contribution in [0.5, 0.6) is 0 Å². The van der Waals surface area contributed by atoms with Crippen molar-refractivity contribution < 1.29 is 4.42 Å². The van der Waals surface area contributed by atoms with Gasteiger partial charge in [0.25, 0.3) is 0 Å². The molecular formula is C16H26N2O. The van der Waals surface area contributed by atoms with Gasteiger partial charge in [0.05, 0.1) is 12.5 Å². The van der Waals surface area contributed by atoms with E-state index in [2.05, 4.69) is 10.2 Å². The lowest BCUT2D eigenvalue weighted by Crippen LogP contribution is -2.44. The number of nitrogens with one attached hydrogen (secondary N) is 1. The molecule has 1 aliphatic carbocycles. The van der Waals surface area contributed by atoms with Crippen molar-refractivity contribution in [1.29, 1.82) is 0 Å². The first-order chi connectivity index (χ1) is 9.42. The van der Waals surface area contributed by atoms with Gasteiger partial charge in [-0.05, 0) is 37.3 Å². The van der Waals surface area contributed by atoms with Crippen LogP contribution >= 0.6 is 0 Å². The Kier molecular flexibility index (Phi) is 4.57. The van der Waals surface area contributed by atoms with Crippen molar-refractivity contribution in [3.05, 3.63) is 24.2 Å². The molecule has 1 saturated carbocycles. The minimum absolute atomic E-state index is 0.927. The Morgan fingerprint density at radius 3 is 2.95 bits per heavy atom. The second-order valence-electron chi connectivity index (χ2n) is 6.20. The molecule has 2 aliphatic rings. The van der Waals surface area contributed by atoms with E-state index >= 15 is 0 Å². The molecule has 1 aliphatic heterocycles. The van der Waals surface area contributed by atoms with Crippen LogP contribution in [-0.4, -0.2) is 31.1 Å². The Morgan fingerprint density at radius 1 is 1.21 bits per heavy atom. The lowest BCUT2D eigenvalue weighted by atomic mass is 9.75. The van der Waals surface area contributed by atoms with Gasteiger partial charge in [-0.15, -0.1) is 0 Å². The molecule has 1 aromatic heterocycles. The maximum Gasteiger partial charge on any atom is 0.0947 e. The van der Waals surface area contributed by atoms with Crippen LogP contribution in [0.3, 0.4) is 0 Å². The Balaban J connectivity index is 1.34. The fraction of sp³-hybridized carbons (Fsp3) is 0.750. The maximum absolute atomic E-state index is 5.07. The molecule has 1 aromatic rings. The normalized spacial score (nSPS) is 28.2. The highest BCUT2D eigenvalue weighted by Crippen LogP contribution is 2.35. The smallest absolute Gasteiger partial charge is 0.0947 e. The van der Waals surface area contributed by atoms with E-state index in [9.17, 15) is 0 Å². The highest BCUT2D eigenvalue weighted by Gasteiger charge is 2.30. The number of nitrogens with zero attached hydrogens (tertiary/aromatic N) is 1. The Labute approximate surface area is 116 Å². The van der Waals surface area contributed by atoms with Gasteiger partial charge in [-0.2, -0.15) is 0 Å². The summed E-state index contributed by atoms with van der Waals surface area (Å²) in [5.74, 6) is 2.04. The first kappa shape index (κ1) is 13.2. The molecule has 19 heavy (non-hydrogen) atoms. The van der Waals surface area contributed by atoms with Crippen LogP contribution < -0.4 is 5.32 Å². The lowest BCUT2D eigenvalue weighted by molar-refractivity contribution is 0.0875. The molecule has 0 spiro atoms. The number of fused-ring (bicyclic) bond motifs is 1. The molecule has 0 aromatic carbocycles. The van der Waals surface area contributed by atoms with Gasteiger partial charge < -0.3 is 14.6 Å². The summed E-state index contributed by atoms with van der Waals surface area (Å²) in [6.07, 6.45) is 10.9. The first-order valence-electron chi connectivity index (χ1n) is 7.86. The highest BCUT2D eigenvalue weighted by atomic mass is 16.3. The first-order valence-corrected chi connectivity index (χ1v) is 7.86. The van der Waals surface area contributed by atoms with Crippen molar-refractivity contribution in [2.24, 2.45) is 11.8 Å². The average molecular weight is 262 g/mol. The van der Waals surface area contributed by atoms with Crippen LogP contribution in [0.15, 0.2) is 23.0 Å². The van der Waals surface area contributed by atoms with Crippen molar-refractivity contribution in [3.8, 4) is 0 Å². The quantitative estimate of drug-likeness (QED) is 0.827. The highest BCUT2D eigenvalue weighted by molar-refractivity contribution is 5.04. The van der Waals surface area contributed by atoms with E-state index < -0.39 is 0 Å². The van der Waals surface area contributed by atoms with E-state index in [1.165, 1.54) is 57.3 Å². The van der Waals surface area contributed by atoms with Crippen LogP contribution in [0, 0.1) is 11.8 Å². The second kappa shape index (κ2) is 6.58. The molecule has 0 amide bonds. The maximum atomic E-state index is 5.07. The zero-order valence-corrected chi connectivity index (χ0v) is 11.8. The fourth-order valence-electron chi connectivity index (χ4n) is 3.74. The Morgan fingerprint density at radius 2 is 2.11 bits per heavy atom. The van der Waals surface area contributed by atoms with E-state index in [1.807, 2.05) is 12.3 Å². The zero-order valence-electron chi connectivity index (χ0n) is 11.8. The minimum Gasteiger partial charge on any atom is -0.472 e. The van der Waals surface area contributed by atoms with E-state index in [1.54, 1.807) is 6.26 Å². The molecule has 3 nitrogen and oxygen atoms in total. The van der Waals surface area contributed by atoms with Gasteiger partial charge in [-0.1, -0.05) is 19.3 Å². The van der Waals surface area contributed by atoms with Gasteiger partial charge in [0.2, 0.25) is 0 Å². The lowest BCUT2D eigenvalue weighted by Gasteiger charge is -2.41. The predicted octanol–water partition coefficient (Wildman–Crippen LogP) is 2.88. The van der Waals surface area contributed by atoms with E-state index in [-0.39, 0.29) is 0 Å². The number of rotatable bonds is 5. The largest absolute Gasteiger partial charge is 0.472 e. The van der Waals surface area contributed by atoms with Crippen molar-refractivity contribution in [2.45, 2.75) is 38.6 Å². The number of likely N-dealkylation sites (tertiary alicyclic amines) is 1. The molecule has 2 fully saturated rings. The third kappa shape index (κ3) is 3.61. The monoisotopic (exact) mass is 262 g/mol. The topological polar surface area (TPSA) is 28.4 Å². The Bertz CT molecular complexity index is 363. The van der Waals surface area contributed by atoms with Crippen LogP contribution in [0.2, 0.25) is 0 Å². The summed E-state index contributed by atoms with van der Waals surface area (Å²) >= 11 is 0. The van der Waals surface area contributed by atoms with Gasteiger partial charge in [0, 0.05) is 31.7 Å². The third-order valence-electron chi connectivity index (χ3n) is 4.89. The second-order valence-corrected chi connectivity index (χ2v) is 6.20. The van der Waals surface area contributed by atoms with Gasteiger partial charge in [0.15, 0.2) is 0 Å². The molecule has 2 atom stereocenters. The predicted molar refractivity (Wildman–Crippen MR) is 76.9 cm³/mol. The van der Waals surface area contributed by atoms with Gasteiger partial charge >= 0.3 is 0 Å². The fourth-order valence-corrected chi connectivity index (χ4v) is 3.74. The van der Waals surface area contributed by atoms with Crippen LogP contribution in [0.1, 0.15) is 37.7 Å². The molecule has 3 rings (SSSR count). The molecule has 2 unspecified atom stereocenters. The van der Waals surface area contributed by atoms with Gasteiger partial charge in [0.1, 0.15) is 0 Å². The number of hydrogen-bond donors (Lipinski definition) is 1. The van der Waals surface area contributed by atoms with Gasteiger partial charge in [-0.3, -0.25) is 0 Å². The van der Waals surface area contributed by atoms with E-state index in [0.29, 0.717) is 0 Å². The summed E-state index contributed by atoms with van der Waals surface area (Å²) in [4.78, 5) is 2.66. The summed E-state index contributed by atoms with van der Waals surface area (Å²) in [6.45, 7) is 5.87. The van der Waals surface area contributed by atoms with Crippen LogP contribution in [0.4, 0.5) is 0 Å². The average Bonchev–Trinajstić information content (AvgIpc) is 2.97. The summed E-state index contributed by atoms with van der Waals surface area (Å²) in [5, 5.41) is 3.51. The molecule has 1 saturated heterocycles. The minimum atomic E-state index is 0.927. The molecule has 2 heterocycles. The molecular weight excluding hydrogens is 236 g/mol. The molecule has 106 valence electrons. The standard InChI is InChI=1S/C16H26N2O/c1-2-4-16-12-18(8-5-15(16)3-1)9-7-17-11-14-6-10-19-13-14/h6,10,13,15-17H,1-5,7-9,11-12H2. The summed E-state index contributed by atoms with van der Waals surface area (Å²) in [6, 6.07) is 2.03. The van der Waals surface area contributed by atoms with Crippen LogP contribution in [0.25, 0.3) is 0 Å². The molecule has 1 N–H and O–H groups in total. The zero-order chi connectivity index (χ0) is 12.9. The third-order valence-corrected chi connectivity index (χ3v) is 4.89. The van der Waals surface area contributed by atoms with E-state index in [4.69, 9.17) is 4.42 Å². The van der Waals surface area contributed by atoms with Crippen molar-refractivity contribution in [2.75, 3.05) is 26.2 Å². The van der Waals surface area contributed by atoms with Crippen molar-refractivity contribution in [1.82, 2.24) is 10.2 Å². The molecule has 3 heteroatoms. The summed E-state index contributed by atoms with van der Waals surface area (Å²) < 4.78 is 5.07. The Hall–Kier alpha value is -0.800. The molecule has 0 bridgehead atoms. The number of hydrogen-bond acceptors (Lipinski definition) is 3. The van der Waals surface area contributed by atoms with Gasteiger partial charge in [-0.25, -0.2) is 0 Å². The number of furan rings is 1. The number of piperidine rings is 1. The van der Waals surface area contributed by atoms with Crippen molar-refractivity contribution in [3.63, 3.8) is 0 Å². The summed E-state index contributed by atoms with van der Waals surface area (Å²) in [5.41, 5.74) is 1.24. The molecule has 0 radical (unpaired) electrons. The van der Waals surface area contributed by atoms with E-state index in [0.717, 1.165) is 24.9 Å².